The molecule has 22 heavy (non-hydrogen) atoms. The molecule has 5 nitrogen and oxygen atoms in total. The number of aryl methyl sites for hydroxylation is 1. The third kappa shape index (κ3) is 3.65. The lowest BCUT2D eigenvalue weighted by atomic mass is 10.2. The Morgan fingerprint density at radius 3 is 2.32 bits per heavy atom. The minimum Gasteiger partial charge on any atom is -0.352 e. The van der Waals surface area contributed by atoms with Crippen molar-refractivity contribution in [1.29, 1.82) is 0 Å². The van der Waals surface area contributed by atoms with Gasteiger partial charge in [0.15, 0.2) is 0 Å². The van der Waals surface area contributed by atoms with Crippen LogP contribution in [0, 0.1) is 6.92 Å². The highest BCUT2D eigenvalue weighted by atomic mass is 32.2. The van der Waals surface area contributed by atoms with Crippen molar-refractivity contribution in [3.63, 3.8) is 0 Å². The predicted molar refractivity (Wildman–Crippen MR) is 86.4 cm³/mol. The number of carbonyl (C=O) groups excluding carboxylic acids is 1. The summed E-state index contributed by atoms with van der Waals surface area (Å²) in [6, 6.07) is 13.0. The molecule has 0 aliphatic carbocycles. The maximum atomic E-state index is 12.4. The fraction of sp³-hybridized carbons (Fsp3) is 0.188. The summed E-state index contributed by atoms with van der Waals surface area (Å²) < 4.78 is 27.3. The molecule has 0 unspecified atom stereocenters. The van der Waals surface area contributed by atoms with Gasteiger partial charge in [0, 0.05) is 6.54 Å². The molecule has 0 heterocycles. The molecule has 6 heteroatoms. The number of anilines is 1. The summed E-state index contributed by atoms with van der Waals surface area (Å²) in [6.45, 7) is 4.16. The summed E-state index contributed by atoms with van der Waals surface area (Å²) in [5, 5.41) is 2.66. The van der Waals surface area contributed by atoms with Gasteiger partial charge in [0.25, 0.3) is 15.9 Å². The van der Waals surface area contributed by atoms with E-state index in [1.165, 1.54) is 12.1 Å². The number of rotatable bonds is 5. The van der Waals surface area contributed by atoms with Gasteiger partial charge >= 0.3 is 0 Å². The zero-order valence-corrected chi connectivity index (χ0v) is 13.3. The minimum atomic E-state index is -3.73. The fourth-order valence-electron chi connectivity index (χ4n) is 1.95. The first kappa shape index (κ1) is 16.0. The van der Waals surface area contributed by atoms with Crippen LogP contribution in [0.4, 0.5) is 5.69 Å². The average Bonchev–Trinajstić information content (AvgIpc) is 2.48. The molecule has 0 fully saturated rings. The quantitative estimate of drug-likeness (QED) is 0.889. The lowest BCUT2D eigenvalue weighted by Gasteiger charge is -2.12. The number of para-hydroxylation sites is 1. The van der Waals surface area contributed by atoms with Crippen LogP contribution in [-0.4, -0.2) is 20.9 Å². The van der Waals surface area contributed by atoms with Crippen molar-refractivity contribution >= 4 is 21.6 Å². The van der Waals surface area contributed by atoms with Crippen molar-refractivity contribution in [2.75, 3.05) is 11.3 Å². The Balaban J connectivity index is 2.34. The first-order chi connectivity index (χ1) is 10.4. The van der Waals surface area contributed by atoms with Crippen molar-refractivity contribution in [2.45, 2.75) is 18.7 Å². The molecule has 2 aromatic carbocycles. The van der Waals surface area contributed by atoms with Gasteiger partial charge in [0.2, 0.25) is 0 Å². The fourth-order valence-corrected chi connectivity index (χ4v) is 3.03. The standard InChI is InChI=1S/C16H18N2O3S/c1-3-17-16(19)14-6-4-5-7-15(14)18-22(20,21)13-10-8-12(2)9-11-13/h4-11,18H,3H2,1-2H3,(H,17,19). The summed E-state index contributed by atoms with van der Waals surface area (Å²) >= 11 is 0. The lowest BCUT2D eigenvalue weighted by molar-refractivity contribution is 0.0956. The molecule has 0 aliphatic heterocycles. The zero-order valence-electron chi connectivity index (χ0n) is 12.5. The molecule has 1 amide bonds. The molecule has 2 rings (SSSR count). The van der Waals surface area contributed by atoms with Crippen LogP contribution in [0.5, 0.6) is 0 Å². The molecule has 0 spiro atoms. The first-order valence-corrected chi connectivity index (χ1v) is 8.39. The molecule has 2 aromatic rings. The Hall–Kier alpha value is -2.34. The van der Waals surface area contributed by atoms with Crippen molar-refractivity contribution in [1.82, 2.24) is 5.32 Å². The van der Waals surface area contributed by atoms with Crippen LogP contribution in [0.2, 0.25) is 0 Å². The largest absolute Gasteiger partial charge is 0.352 e. The number of amides is 1. The van der Waals surface area contributed by atoms with Gasteiger partial charge in [-0.25, -0.2) is 8.42 Å². The van der Waals surface area contributed by atoms with E-state index in [-0.39, 0.29) is 16.5 Å². The van der Waals surface area contributed by atoms with Crippen LogP contribution in [0.1, 0.15) is 22.8 Å². The van der Waals surface area contributed by atoms with Gasteiger partial charge in [-0.15, -0.1) is 0 Å². The second-order valence-corrected chi connectivity index (χ2v) is 6.51. The van der Waals surface area contributed by atoms with Crippen molar-refractivity contribution in [2.24, 2.45) is 0 Å². The minimum absolute atomic E-state index is 0.156. The van der Waals surface area contributed by atoms with E-state index in [1.807, 2.05) is 6.92 Å². The first-order valence-electron chi connectivity index (χ1n) is 6.91. The Morgan fingerprint density at radius 2 is 1.68 bits per heavy atom. The normalized spacial score (nSPS) is 11.0. The third-order valence-corrected chi connectivity index (χ3v) is 4.47. The maximum absolute atomic E-state index is 12.4. The Labute approximate surface area is 130 Å². The SMILES string of the molecule is CCNC(=O)c1ccccc1NS(=O)(=O)c1ccc(C)cc1. The van der Waals surface area contributed by atoms with Crippen LogP contribution < -0.4 is 10.0 Å². The van der Waals surface area contributed by atoms with E-state index in [9.17, 15) is 13.2 Å². The van der Waals surface area contributed by atoms with Crippen molar-refractivity contribution < 1.29 is 13.2 Å². The van der Waals surface area contributed by atoms with Crippen LogP contribution in [-0.2, 0) is 10.0 Å². The number of benzene rings is 2. The topological polar surface area (TPSA) is 75.3 Å². The predicted octanol–water partition coefficient (Wildman–Crippen LogP) is 2.55. The summed E-state index contributed by atoms with van der Waals surface area (Å²) in [6.07, 6.45) is 0. The van der Waals surface area contributed by atoms with Gasteiger partial charge in [0.05, 0.1) is 16.1 Å². The van der Waals surface area contributed by atoms with Crippen LogP contribution in [0.25, 0.3) is 0 Å². The monoisotopic (exact) mass is 318 g/mol. The Kier molecular flexibility index (Phi) is 4.82. The number of hydrogen-bond acceptors (Lipinski definition) is 3. The number of carbonyl (C=O) groups is 1. The lowest BCUT2D eigenvalue weighted by Crippen LogP contribution is -2.24. The summed E-state index contributed by atoms with van der Waals surface area (Å²) in [4.78, 5) is 12.1. The smallest absolute Gasteiger partial charge is 0.261 e. The van der Waals surface area contributed by atoms with Crippen molar-refractivity contribution in [3.05, 3.63) is 59.7 Å². The van der Waals surface area contributed by atoms with Gasteiger partial charge in [0.1, 0.15) is 0 Å². The van der Waals surface area contributed by atoms with Gasteiger partial charge in [-0.2, -0.15) is 0 Å². The van der Waals surface area contributed by atoms with E-state index in [0.29, 0.717) is 12.1 Å². The molecule has 116 valence electrons. The molecule has 0 aliphatic rings. The van der Waals surface area contributed by atoms with Crippen LogP contribution >= 0.6 is 0 Å². The highest BCUT2D eigenvalue weighted by molar-refractivity contribution is 7.92. The van der Waals surface area contributed by atoms with Gasteiger partial charge in [-0.1, -0.05) is 29.8 Å². The average molecular weight is 318 g/mol. The van der Waals surface area contributed by atoms with E-state index in [0.717, 1.165) is 5.56 Å². The summed E-state index contributed by atoms with van der Waals surface area (Å²) in [5.41, 5.74) is 1.52. The third-order valence-electron chi connectivity index (χ3n) is 3.08. The molecule has 0 bridgehead atoms. The van der Waals surface area contributed by atoms with E-state index < -0.39 is 10.0 Å². The van der Waals surface area contributed by atoms with Crippen LogP contribution in [0.15, 0.2) is 53.4 Å². The van der Waals surface area contributed by atoms with E-state index in [2.05, 4.69) is 10.0 Å². The molecule has 0 aromatic heterocycles. The molecular formula is C16H18N2O3S. The molecule has 0 saturated heterocycles. The Bertz CT molecular complexity index is 768. The molecule has 0 saturated carbocycles. The Morgan fingerprint density at radius 1 is 1.05 bits per heavy atom. The zero-order chi connectivity index (χ0) is 16.2. The van der Waals surface area contributed by atoms with Gasteiger partial charge in [-0.05, 0) is 38.1 Å². The van der Waals surface area contributed by atoms with E-state index in [1.54, 1.807) is 43.3 Å². The number of nitrogens with one attached hydrogen (secondary N) is 2. The second-order valence-electron chi connectivity index (χ2n) is 4.82. The molecule has 2 N–H and O–H groups in total. The molecular weight excluding hydrogens is 300 g/mol. The second kappa shape index (κ2) is 6.62. The highest BCUT2D eigenvalue weighted by Crippen LogP contribution is 2.20. The summed E-state index contributed by atoms with van der Waals surface area (Å²) in [7, 11) is -3.73. The number of sulfonamides is 1. The van der Waals surface area contributed by atoms with Crippen molar-refractivity contribution in [3.8, 4) is 0 Å². The van der Waals surface area contributed by atoms with Gasteiger partial charge in [-0.3, -0.25) is 9.52 Å². The number of hydrogen-bond donors (Lipinski definition) is 2. The summed E-state index contributed by atoms with van der Waals surface area (Å²) in [5.74, 6) is -0.315. The maximum Gasteiger partial charge on any atom is 0.261 e. The molecule has 0 radical (unpaired) electrons. The highest BCUT2D eigenvalue weighted by Gasteiger charge is 2.18. The van der Waals surface area contributed by atoms with E-state index >= 15 is 0 Å². The van der Waals surface area contributed by atoms with Gasteiger partial charge < -0.3 is 5.32 Å². The van der Waals surface area contributed by atoms with E-state index in [4.69, 9.17) is 0 Å². The van der Waals surface area contributed by atoms with Crippen LogP contribution in [0.3, 0.4) is 0 Å². The molecule has 0 atom stereocenters.